The molecule has 2 aromatic rings. The van der Waals surface area contributed by atoms with Crippen molar-refractivity contribution < 1.29 is 9.13 Å². The zero-order valence-electron chi connectivity index (χ0n) is 12.3. The number of nitrogens with two attached hydrogens (primary N) is 1. The van der Waals surface area contributed by atoms with Gasteiger partial charge in [-0.25, -0.2) is 4.39 Å². The molecule has 0 bridgehead atoms. The Morgan fingerprint density at radius 3 is 2.71 bits per heavy atom. The second kappa shape index (κ2) is 5.28. The summed E-state index contributed by atoms with van der Waals surface area (Å²) in [5.41, 5.74) is 9.67. The van der Waals surface area contributed by atoms with E-state index in [-0.39, 0.29) is 11.9 Å². The van der Waals surface area contributed by atoms with Crippen molar-refractivity contribution in [1.29, 1.82) is 0 Å². The number of hydrogen-bond donors (Lipinski definition) is 1. The maximum Gasteiger partial charge on any atom is 0.167 e. The third-order valence-electron chi connectivity index (χ3n) is 3.62. The molecule has 110 valence electrons. The molecule has 0 fully saturated rings. The first-order valence-corrected chi connectivity index (χ1v) is 7.17. The SMILES string of the molecule is CC(C)Oc1cc(N2CCc3ccccc32)c(N)cc1F. The minimum absolute atomic E-state index is 0.0816. The van der Waals surface area contributed by atoms with Gasteiger partial charge in [0.25, 0.3) is 0 Å². The Hall–Kier alpha value is -2.23. The van der Waals surface area contributed by atoms with Crippen molar-refractivity contribution in [1.82, 2.24) is 0 Å². The molecule has 0 aliphatic carbocycles. The number of fused-ring (bicyclic) bond motifs is 1. The normalized spacial score (nSPS) is 13.6. The van der Waals surface area contributed by atoms with Gasteiger partial charge in [0, 0.05) is 24.4 Å². The average Bonchev–Trinajstić information content (AvgIpc) is 2.85. The van der Waals surface area contributed by atoms with Gasteiger partial charge in [-0.05, 0) is 31.9 Å². The van der Waals surface area contributed by atoms with Gasteiger partial charge >= 0.3 is 0 Å². The Morgan fingerprint density at radius 1 is 1.19 bits per heavy atom. The molecule has 1 heterocycles. The summed E-state index contributed by atoms with van der Waals surface area (Å²) in [6.07, 6.45) is 0.884. The van der Waals surface area contributed by atoms with Crippen LogP contribution in [0.15, 0.2) is 36.4 Å². The van der Waals surface area contributed by atoms with E-state index in [2.05, 4.69) is 17.0 Å². The number of benzene rings is 2. The average molecular weight is 286 g/mol. The molecule has 0 amide bonds. The summed E-state index contributed by atoms with van der Waals surface area (Å²) in [6.45, 7) is 4.59. The van der Waals surface area contributed by atoms with Crippen molar-refractivity contribution in [3.63, 3.8) is 0 Å². The molecule has 2 N–H and O–H groups in total. The van der Waals surface area contributed by atoms with Gasteiger partial charge in [-0.1, -0.05) is 18.2 Å². The molecule has 0 unspecified atom stereocenters. The van der Waals surface area contributed by atoms with Crippen LogP contribution < -0.4 is 15.4 Å². The van der Waals surface area contributed by atoms with E-state index < -0.39 is 5.82 Å². The predicted molar refractivity (Wildman–Crippen MR) is 83.7 cm³/mol. The predicted octanol–water partition coefficient (Wildman–Crippen LogP) is 3.89. The van der Waals surface area contributed by atoms with E-state index in [0.717, 1.165) is 24.3 Å². The highest BCUT2D eigenvalue weighted by Crippen LogP contribution is 2.40. The van der Waals surface area contributed by atoms with Crippen LogP contribution in [0.5, 0.6) is 5.75 Å². The third-order valence-corrected chi connectivity index (χ3v) is 3.62. The van der Waals surface area contributed by atoms with Gasteiger partial charge in [0.15, 0.2) is 11.6 Å². The first kappa shape index (κ1) is 13.7. The van der Waals surface area contributed by atoms with Gasteiger partial charge in [0.05, 0.1) is 17.5 Å². The van der Waals surface area contributed by atoms with E-state index in [1.54, 1.807) is 6.07 Å². The number of anilines is 3. The fraction of sp³-hybridized carbons (Fsp3) is 0.294. The second-order valence-electron chi connectivity index (χ2n) is 5.54. The highest BCUT2D eigenvalue weighted by molar-refractivity contribution is 5.79. The van der Waals surface area contributed by atoms with Crippen LogP contribution in [0.4, 0.5) is 21.5 Å². The Kier molecular flexibility index (Phi) is 3.45. The molecule has 0 saturated carbocycles. The van der Waals surface area contributed by atoms with Crippen LogP contribution in [0.1, 0.15) is 19.4 Å². The van der Waals surface area contributed by atoms with Crippen molar-refractivity contribution in [3.8, 4) is 5.75 Å². The molecule has 3 rings (SSSR count). The number of nitrogen functional groups attached to an aromatic ring is 1. The van der Waals surface area contributed by atoms with Crippen LogP contribution >= 0.6 is 0 Å². The van der Waals surface area contributed by atoms with E-state index in [4.69, 9.17) is 10.5 Å². The third kappa shape index (κ3) is 2.53. The molecular weight excluding hydrogens is 267 g/mol. The minimum Gasteiger partial charge on any atom is -0.488 e. The highest BCUT2D eigenvalue weighted by atomic mass is 19.1. The zero-order chi connectivity index (χ0) is 15.0. The zero-order valence-corrected chi connectivity index (χ0v) is 12.3. The number of halogens is 1. The molecular formula is C17H19FN2O. The monoisotopic (exact) mass is 286 g/mol. The van der Waals surface area contributed by atoms with Gasteiger partial charge in [-0.3, -0.25) is 0 Å². The van der Waals surface area contributed by atoms with Gasteiger partial charge in [-0.2, -0.15) is 0 Å². The maximum absolute atomic E-state index is 14.0. The van der Waals surface area contributed by atoms with Crippen LogP contribution in [-0.4, -0.2) is 12.6 Å². The van der Waals surface area contributed by atoms with Crippen LogP contribution in [0.2, 0.25) is 0 Å². The van der Waals surface area contributed by atoms with Crippen LogP contribution in [0, 0.1) is 5.82 Å². The van der Waals surface area contributed by atoms with Crippen LogP contribution in [0.3, 0.4) is 0 Å². The number of para-hydroxylation sites is 1. The van der Waals surface area contributed by atoms with Gasteiger partial charge in [-0.15, -0.1) is 0 Å². The molecule has 4 heteroatoms. The lowest BCUT2D eigenvalue weighted by molar-refractivity contribution is 0.231. The summed E-state index contributed by atoms with van der Waals surface area (Å²) in [7, 11) is 0. The topological polar surface area (TPSA) is 38.5 Å². The van der Waals surface area contributed by atoms with Gasteiger partial charge in [0.1, 0.15) is 0 Å². The largest absolute Gasteiger partial charge is 0.488 e. The van der Waals surface area contributed by atoms with Crippen molar-refractivity contribution in [2.75, 3.05) is 17.2 Å². The van der Waals surface area contributed by atoms with Crippen molar-refractivity contribution in [2.45, 2.75) is 26.4 Å². The van der Waals surface area contributed by atoms with E-state index in [1.165, 1.54) is 11.6 Å². The number of nitrogens with zero attached hydrogens (tertiary/aromatic N) is 1. The quantitative estimate of drug-likeness (QED) is 0.870. The van der Waals surface area contributed by atoms with E-state index in [9.17, 15) is 4.39 Å². The molecule has 0 saturated heterocycles. The van der Waals surface area contributed by atoms with Crippen LogP contribution in [-0.2, 0) is 6.42 Å². The molecule has 3 nitrogen and oxygen atoms in total. The summed E-state index contributed by atoms with van der Waals surface area (Å²) >= 11 is 0. The molecule has 0 atom stereocenters. The molecule has 2 aromatic carbocycles. The molecule has 1 aliphatic rings. The number of ether oxygens (including phenoxy) is 1. The fourth-order valence-corrected chi connectivity index (χ4v) is 2.72. The number of hydrogen-bond acceptors (Lipinski definition) is 3. The summed E-state index contributed by atoms with van der Waals surface area (Å²) in [6, 6.07) is 11.3. The first-order valence-electron chi connectivity index (χ1n) is 7.17. The van der Waals surface area contributed by atoms with E-state index >= 15 is 0 Å². The maximum atomic E-state index is 14.0. The van der Waals surface area contributed by atoms with Crippen molar-refractivity contribution in [3.05, 3.63) is 47.8 Å². The highest BCUT2D eigenvalue weighted by Gasteiger charge is 2.23. The van der Waals surface area contributed by atoms with Gasteiger partial charge < -0.3 is 15.4 Å². The summed E-state index contributed by atoms with van der Waals surface area (Å²) in [5.74, 6) is -0.170. The standard InChI is InChI=1S/C17H19FN2O/c1-11(2)21-17-10-16(14(19)9-13(17)18)20-8-7-12-5-3-4-6-15(12)20/h3-6,9-11H,7-8,19H2,1-2H3. The minimum atomic E-state index is -0.419. The Balaban J connectivity index is 2.03. The summed E-state index contributed by atoms with van der Waals surface area (Å²) in [4.78, 5) is 2.12. The number of rotatable bonds is 3. The van der Waals surface area contributed by atoms with E-state index in [1.807, 2.05) is 26.0 Å². The fourth-order valence-electron chi connectivity index (χ4n) is 2.72. The molecule has 0 spiro atoms. The lowest BCUT2D eigenvalue weighted by atomic mass is 10.1. The summed E-state index contributed by atoms with van der Waals surface area (Å²) < 4.78 is 19.5. The van der Waals surface area contributed by atoms with E-state index in [0.29, 0.717) is 5.69 Å². The smallest absolute Gasteiger partial charge is 0.167 e. The van der Waals surface area contributed by atoms with Crippen LogP contribution in [0.25, 0.3) is 0 Å². The lowest BCUT2D eigenvalue weighted by Crippen LogP contribution is -2.16. The van der Waals surface area contributed by atoms with Crippen molar-refractivity contribution in [2.24, 2.45) is 0 Å². The summed E-state index contributed by atoms with van der Waals surface area (Å²) in [5, 5.41) is 0. The Morgan fingerprint density at radius 2 is 1.95 bits per heavy atom. The Labute approximate surface area is 124 Å². The van der Waals surface area contributed by atoms with Gasteiger partial charge in [0.2, 0.25) is 0 Å². The second-order valence-corrected chi connectivity index (χ2v) is 5.54. The molecule has 0 aromatic heterocycles. The first-order chi connectivity index (χ1) is 10.1. The van der Waals surface area contributed by atoms with Crippen molar-refractivity contribution >= 4 is 17.1 Å². The molecule has 1 aliphatic heterocycles. The Bertz CT molecular complexity index is 670. The lowest BCUT2D eigenvalue weighted by Gasteiger charge is -2.23. The molecule has 0 radical (unpaired) electrons. The molecule has 21 heavy (non-hydrogen) atoms.